The number of aromatic nitrogens is 1. The summed E-state index contributed by atoms with van der Waals surface area (Å²) in [4.78, 5) is 41.0. The molecule has 0 saturated carbocycles. The first-order chi connectivity index (χ1) is 13.3. The van der Waals surface area contributed by atoms with Crippen molar-refractivity contribution in [2.24, 2.45) is 0 Å². The van der Waals surface area contributed by atoms with Gasteiger partial charge in [-0.05, 0) is 24.3 Å². The number of nitrogens with zero attached hydrogens (tertiary/aromatic N) is 2. The minimum atomic E-state index is -1.29. The van der Waals surface area contributed by atoms with Crippen molar-refractivity contribution < 1.29 is 24.6 Å². The van der Waals surface area contributed by atoms with Crippen LogP contribution < -0.4 is 16.4 Å². The van der Waals surface area contributed by atoms with Crippen molar-refractivity contribution >= 4 is 50.2 Å². The van der Waals surface area contributed by atoms with E-state index >= 15 is 0 Å². The quantitative estimate of drug-likeness (QED) is 0.427. The number of aliphatic carboxylic acids is 1. The molecule has 10 nitrogen and oxygen atoms in total. The lowest BCUT2D eigenvalue weighted by atomic mass is 9.85. The van der Waals surface area contributed by atoms with Crippen LogP contribution in [0.5, 0.6) is 0 Å². The largest absolute Gasteiger partial charge is 0.477 e. The smallest absolute Gasteiger partial charge is 0.352 e. The molecule has 28 heavy (non-hydrogen) atoms. The SMILES string of the molecule is Nc1nc2ccc(NCC(=O)N[C@@H]3C(=O)N4C(C(=O)O)=C[C@H](O)C[C@H]34)cc2s1. The third-order valence-electron chi connectivity index (χ3n) is 4.71. The van der Waals surface area contributed by atoms with Gasteiger partial charge in [0, 0.05) is 12.1 Å². The molecule has 11 heteroatoms. The molecule has 1 aromatic heterocycles. The molecule has 3 heterocycles. The van der Waals surface area contributed by atoms with E-state index in [0.29, 0.717) is 10.8 Å². The van der Waals surface area contributed by atoms with Crippen molar-refractivity contribution in [2.45, 2.75) is 24.6 Å². The molecule has 0 aliphatic carbocycles. The second-order valence-electron chi connectivity index (χ2n) is 6.57. The van der Waals surface area contributed by atoms with Crippen LogP contribution in [0.4, 0.5) is 10.8 Å². The summed E-state index contributed by atoms with van der Waals surface area (Å²) in [7, 11) is 0. The van der Waals surface area contributed by atoms with Crippen LogP contribution in [0.2, 0.25) is 0 Å². The molecule has 1 fully saturated rings. The number of rotatable bonds is 5. The Bertz CT molecular complexity index is 1020. The number of hydrogen-bond donors (Lipinski definition) is 5. The van der Waals surface area contributed by atoms with Crippen LogP contribution in [0, 0.1) is 0 Å². The number of amides is 2. The molecule has 2 aliphatic rings. The summed E-state index contributed by atoms with van der Waals surface area (Å²) in [6, 6.07) is 3.97. The lowest BCUT2D eigenvalue weighted by Gasteiger charge is -2.49. The number of nitrogens with one attached hydrogen (secondary N) is 2. The Morgan fingerprint density at radius 3 is 2.93 bits per heavy atom. The molecule has 2 aromatic rings. The number of hydrogen-bond acceptors (Lipinski definition) is 8. The second-order valence-corrected chi connectivity index (χ2v) is 7.63. The predicted octanol–water partition coefficient (Wildman–Crippen LogP) is -0.281. The number of aliphatic hydroxyl groups excluding tert-OH is 1. The van der Waals surface area contributed by atoms with Crippen molar-refractivity contribution in [1.82, 2.24) is 15.2 Å². The van der Waals surface area contributed by atoms with E-state index < -0.39 is 36.0 Å². The number of thiazole rings is 1. The highest BCUT2D eigenvalue weighted by Crippen LogP contribution is 2.33. The fourth-order valence-electron chi connectivity index (χ4n) is 3.45. The highest BCUT2D eigenvalue weighted by molar-refractivity contribution is 7.22. The van der Waals surface area contributed by atoms with Gasteiger partial charge in [0.25, 0.3) is 5.91 Å². The van der Waals surface area contributed by atoms with Crippen LogP contribution in [0.15, 0.2) is 30.0 Å². The Morgan fingerprint density at radius 1 is 1.39 bits per heavy atom. The summed E-state index contributed by atoms with van der Waals surface area (Å²) in [5, 5.41) is 25.0. The number of nitrogens with two attached hydrogens (primary N) is 1. The minimum absolute atomic E-state index is 0.0690. The molecule has 1 saturated heterocycles. The molecule has 1 aromatic carbocycles. The maximum atomic E-state index is 12.3. The molecule has 0 unspecified atom stereocenters. The second kappa shape index (κ2) is 6.77. The van der Waals surface area contributed by atoms with Crippen molar-refractivity contribution in [3.05, 3.63) is 30.0 Å². The van der Waals surface area contributed by atoms with Gasteiger partial charge in [-0.1, -0.05) is 11.3 Å². The maximum absolute atomic E-state index is 12.3. The number of nitrogen functional groups attached to an aromatic ring is 1. The van der Waals surface area contributed by atoms with E-state index in [1.54, 1.807) is 12.1 Å². The number of fused-ring (bicyclic) bond motifs is 2. The third-order valence-corrected chi connectivity index (χ3v) is 5.55. The van der Waals surface area contributed by atoms with Crippen molar-refractivity contribution in [3.63, 3.8) is 0 Å². The zero-order chi connectivity index (χ0) is 20.0. The third kappa shape index (κ3) is 3.14. The van der Waals surface area contributed by atoms with Crippen molar-refractivity contribution in [1.29, 1.82) is 0 Å². The zero-order valence-corrected chi connectivity index (χ0v) is 15.3. The monoisotopic (exact) mass is 403 g/mol. The number of anilines is 2. The Balaban J connectivity index is 1.37. The lowest BCUT2D eigenvalue weighted by molar-refractivity contribution is -0.157. The molecule has 0 bridgehead atoms. The Labute approximate surface area is 162 Å². The summed E-state index contributed by atoms with van der Waals surface area (Å²) in [6.45, 7) is -0.0690. The van der Waals surface area contributed by atoms with Crippen molar-refractivity contribution in [3.8, 4) is 0 Å². The molecular formula is C17H17N5O5S. The van der Waals surface area contributed by atoms with Gasteiger partial charge < -0.3 is 26.6 Å². The molecule has 146 valence electrons. The van der Waals surface area contributed by atoms with E-state index in [2.05, 4.69) is 15.6 Å². The van der Waals surface area contributed by atoms with E-state index in [4.69, 9.17) is 10.8 Å². The van der Waals surface area contributed by atoms with E-state index in [-0.39, 0.29) is 18.7 Å². The molecule has 4 rings (SSSR count). The molecule has 2 aliphatic heterocycles. The molecule has 2 amide bonds. The Hall–Kier alpha value is -3.18. The van der Waals surface area contributed by atoms with E-state index in [1.807, 2.05) is 6.07 Å². The highest BCUT2D eigenvalue weighted by atomic mass is 32.1. The van der Waals surface area contributed by atoms with Gasteiger partial charge in [0.2, 0.25) is 5.91 Å². The molecule has 3 atom stereocenters. The minimum Gasteiger partial charge on any atom is -0.477 e. The summed E-state index contributed by atoms with van der Waals surface area (Å²) in [6.07, 6.45) is 0.333. The van der Waals surface area contributed by atoms with Gasteiger partial charge in [-0.3, -0.25) is 14.5 Å². The van der Waals surface area contributed by atoms with Crippen molar-refractivity contribution in [2.75, 3.05) is 17.6 Å². The van der Waals surface area contributed by atoms with Crippen LogP contribution in [0.3, 0.4) is 0 Å². The topological polar surface area (TPSA) is 158 Å². The van der Waals surface area contributed by atoms with Crippen LogP contribution >= 0.6 is 11.3 Å². The highest BCUT2D eigenvalue weighted by Gasteiger charge is 2.53. The van der Waals surface area contributed by atoms with Gasteiger partial charge in [0.15, 0.2) is 5.13 Å². The number of β-lactam (4-membered cyclic amide) rings is 1. The number of carboxylic acid groups (broad SMARTS) is 1. The molecular weight excluding hydrogens is 386 g/mol. The molecule has 6 N–H and O–H groups in total. The average molecular weight is 403 g/mol. The van der Waals surface area contributed by atoms with Gasteiger partial charge >= 0.3 is 5.97 Å². The first-order valence-electron chi connectivity index (χ1n) is 8.49. The van der Waals surface area contributed by atoms with Gasteiger partial charge in [-0.25, -0.2) is 9.78 Å². The van der Waals surface area contributed by atoms with E-state index in [0.717, 1.165) is 21.2 Å². The summed E-state index contributed by atoms with van der Waals surface area (Å²) < 4.78 is 0.886. The summed E-state index contributed by atoms with van der Waals surface area (Å²) in [5.41, 5.74) is 6.90. The van der Waals surface area contributed by atoms with Gasteiger partial charge in [-0.15, -0.1) is 0 Å². The number of carboxylic acids is 1. The lowest BCUT2D eigenvalue weighted by Crippen LogP contribution is -2.72. The van der Waals surface area contributed by atoms with Gasteiger partial charge in [0.05, 0.1) is 28.9 Å². The van der Waals surface area contributed by atoms with Crippen LogP contribution in [-0.2, 0) is 14.4 Å². The standard InChI is InChI=1S/C17H17N5O5S/c18-17-20-9-2-1-7(3-12(9)28-17)19-6-13(24)21-14-10-4-8(23)5-11(16(26)27)22(10)15(14)25/h1-3,5,8,10,14,19,23H,4,6H2,(H2,18,20)(H,21,24)(H,26,27)/t8-,10-,14+/m1/s1. The average Bonchev–Trinajstić information content (AvgIpc) is 3.02. The van der Waals surface area contributed by atoms with Crippen LogP contribution in [0.25, 0.3) is 10.2 Å². The first kappa shape index (κ1) is 18.2. The number of carbonyl (C=O) groups excluding carboxylic acids is 2. The predicted molar refractivity (Wildman–Crippen MR) is 101 cm³/mol. The van der Waals surface area contributed by atoms with Crippen LogP contribution in [0.1, 0.15) is 6.42 Å². The summed E-state index contributed by atoms with van der Waals surface area (Å²) >= 11 is 1.34. The number of carbonyl (C=O) groups is 3. The van der Waals surface area contributed by atoms with Gasteiger partial charge in [0.1, 0.15) is 11.7 Å². The fraction of sp³-hybridized carbons (Fsp3) is 0.294. The summed E-state index contributed by atoms with van der Waals surface area (Å²) in [5.74, 6) is -2.20. The van der Waals surface area contributed by atoms with Gasteiger partial charge in [-0.2, -0.15) is 0 Å². The zero-order valence-electron chi connectivity index (χ0n) is 14.5. The fourth-order valence-corrected chi connectivity index (χ4v) is 4.23. The Kier molecular flexibility index (Phi) is 4.40. The van der Waals surface area contributed by atoms with E-state index in [1.165, 1.54) is 11.3 Å². The van der Waals surface area contributed by atoms with Crippen LogP contribution in [-0.4, -0.2) is 62.6 Å². The van der Waals surface area contributed by atoms with E-state index in [9.17, 15) is 19.5 Å². The Morgan fingerprint density at radius 2 is 2.18 bits per heavy atom. The first-order valence-corrected chi connectivity index (χ1v) is 9.30. The number of aliphatic hydroxyl groups is 1. The molecule has 0 radical (unpaired) electrons. The maximum Gasteiger partial charge on any atom is 0.352 e. The normalized spacial score (nSPS) is 23.6. The number of benzene rings is 1. The molecule has 0 spiro atoms.